The van der Waals surface area contributed by atoms with Crippen molar-refractivity contribution in [3.63, 3.8) is 0 Å². The molecule has 2 saturated carbocycles. The summed E-state index contributed by atoms with van der Waals surface area (Å²) in [6.07, 6.45) is 30.1. The Bertz CT molecular complexity index is 326. The zero-order chi connectivity index (χ0) is 17.7. The molecule has 0 aromatic rings. The van der Waals surface area contributed by atoms with E-state index in [1.807, 2.05) is 0 Å². The summed E-state index contributed by atoms with van der Waals surface area (Å²) >= 11 is 0. The van der Waals surface area contributed by atoms with Gasteiger partial charge in [-0.2, -0.15) is 0 Å². The first-order chi connectivity index (χ1) is 12.3. The number of hydrogen-bond donors (Lipinski definition) is 0. The maximum Gasteiger partial charge on any atom is -0.0233 e. The average Bonchev–Trinajstić information content (AvgIpc) is 2.66. The monoisotopic (exact) mass is 346 g/mol. The Morgan fingerprint density at radius 2 is 1.08 bits per heavy atom. The lowest BCUT2D eigenvalue weighted by atomic mass is 9.77. The molecule has 0 amide bonds. The third kappa shape index (κ3) is 8.78. The van der Waals surface area contributed by atoms with Gasteiger partial charge in [-0.05, 0) is 55.8 Å². The minimum absolute atomic E-state index is 0.908. The van der Waals surface area contributed by atoms with Crippen LogP contribution in [0.2, 0.25) is 0 Å². The molecule has 0 aliphatic heterocycles. The molecule has 25 heavy (non-hydrogen) atoms. The second-order valence-corrected chi connectivity index (χ2v) is 9.31. The van der Waals surface area contributed by atoms with Gasteiger partial charge in [0.1, 0.15) is 0 Å². The van der Waals surface area contributed by atoms with Crippen molar-refractivity contribution < 1.29 is 0 Å². The van der Waals surface area contributed by atoms with Crippen LogP contribution in [0.3, 0.4) is 0 Å². The fraction of sp³-hybridized carbons (Fsp3) is 0.920. The molecule has 0 aromatic carbocycles. The van der Waals surface area contributed by atoms with E-state index in [-0.39, 0.29) is 0 Å². The minimum atomic E-state index is 0.908. The van der Waals surface area contributed by atoms with E-state index in [0.29, 0.717) is 0 Å². The molecule has 0 atom stereocenters. The maximum absolute atomic E-state index is 2.52. The molecule has 0 radical (unpaired) electrons. The summed E-state index contributed by atoms with van der Waals surface area (Å²) in [5.41, 5.74) is 0. The number of hydrogen-bond acceptors (Lipinski definition) is 0. The van der Waals surface area contributed by atoms with Crippen LogP contribution in [-0.4, -0.2) is 0 Å². The van der Waals surface area contributed by atoms with Crippen molar-refractivity contribution in [2.45, 2.75) is 123 Å². The van der Waals surface area contributed by atoms with Gasteiger partial charge in [0.15, 0.2) is 0 Å². The highest BCUT2D eigenvalue weighted by Gasteiger charge is 2.21. The van der Waals surface area contributed by atoms with Crippen molar-refractivity contribution >= 4 is 0 Å². The lowest BCUT2D eigenvalue weighted by Crippen LogP contribution is -2.15. The van der Waals surface area contributed by atoms with E-state index in [1.165, 1.54) is 83.5 Å². The van der Waals surface area contributed by atoms with E-state index >= 15 is 0 Å². The third-order valence-electron chi connectivity index (χ3n) is 7.16. The van der Waals surface area contributed by atoms with Crippen LogP contribution in [0.15, 0.2) is 12.2 Å². The van der Waals surface area contributed by atoms with Crippen molar-refractivity contribution in [3.05, 3.63) is 12.2 Å². The van der Waals surface area contributed by atoms with Gasteiger partial charge in [-0.3, -0.25) is 0 Å². The third-order valence-corrected chi connectivity index (χ3v) is 7.16. The fourth-order valence-corrected chi connectivity index (χ4v) is 5.29. The molecule has 0 unspecified atom stereocenters. The predicted octanol–water partition coefficient (Wildman–Crippen LogP) is 8.71. The van der Waals surface area contributed by atoms with Crippen LogP contribution in [0.1, 0.15) is 123 Å². The highest BCUT2D eigenvalue weighted by molar-refractivity contribution is 4.90. The first kappa shape index (κ1) is 21.0. The SMILES string of the molecule is CCC/C=C/C1CCC(CCCC[C@H]2CC[C@H](CCCC)CC2)CC1. The van der Waals surface area contributed by atoms with Crippen LogP contribution in [0.25, 0.3) is 0 Å². The Labute approximate surface area is 159 Å². The molecule has 0 aromatic heterocycles. The molecule has 0 N–H and O–H groups in total. The quantitative estimate of drug-likeness (QED) is 0.259. The molecule has 0 spiro atoms. The minimum Gasteiger partial charge on any atom is -0.0883 e. The van der Waals surface area contributed by atoms with Gasteiger partial charge in [0, 0.05) is 0 Å². The van der Waals surface area contributed by atoms with E-state index in [4.69, 9.17) is 0 Å². The number of rotatable bonds is 11. The van der Waals surface area contributed by atoms with Crippen molar-refractivity contribution in [1.29, 1.82) is 0 Å². The van der Waals surface area contributed by atoms with Crippen LogP contribution in [0.4, 0.5) is 0 Å². The van der Waals surface area contributed by atoms with Crippen molar-refractivity contribution in [2.75, 3.05) is 0 Å². The van der Waals surface area contributed by atoms with Gasteiger partial charge in [0.05, 0.1) is 0 Å². The summed E-state index contributed by atoms with van der Waals surface area (Å²) in [4.78, 5) is 0. The standard InChI is InChI=1S/C25H46/c1-3-5-7-11-23-18-20-25(21-19-23)13-9-8-12-24-16-14-22(15-17-24)10-6-4-2/h7,11,22-25H,3-6,8-10,12-21H2,1-2H3/b11-7+/t22-,23?,24-,25?. The van der Waals surface area contributed by atoms with E-state index in [0.717, 1.165) is 23.7 Å². The first-order valence-corrected chi connectivity index (χ1v) is 12.0. The summed E-state index contributed by atoms with van der Waals surface area (Å²) in [6.45, 7) is 4.61. The van der Waals surface area contributed by atoms with Gasteiger partial charge in [-0.25, -0.2) is 0 Å². The van der Waals surface area contributed by atoms with Gasteiger partial charge in [0.25, 0.3) is 0 Å². The van der Waals surface area contributed by atoms with Gasteiger partial charge in [-0.1, -0.05) is 103 Å². The van der Waals surface area contributed by atoms with Crippen molar-refractivity contribution in [3.8, 4) is 0 Å². The summed E-state index contributed by atoms with van der Waals surface area (Å²) in [6, 6.07) is 0. The Morgan fingerprint density at radius 1 is 0.600 bits per heavy atom. The first-order valence-electron chi connectivity index (χ1n) is 12.0. The van der Waals surface area contributed by atoms with Crippen molar-refractivity contribution in [1.82, 2.24) is 0 Å². The Hall–Kier alpha value is -0.260. The second-order valence-electron chi connectivity index (χ2n) is 9.31. The summed E-state index contributed by atoms with van der Waals surface area (Å²) in [5.74, 6) is 4.13. The van der Waals surface area contributed by atoms with Crippen molar-refractivity contribution in [2.24, 2.45) is 23.7 Å². The highest BCUT2D eigenvalue weighted by Crippen LogP contribution is 2.36. The Kier molecular flexibility index (Phi) is 10.9. The van der Waals surface area contributed by atoms with Crippen LogP contribution < -0.4 is 0 Å². The maximum atomic E-state index is 2.52. The topological polar surface area (TPSA) is 0 Å². The summed E-state index contributed by atoms with van der Waals surface area (Å²) < 4.78 is 0. The molecular weight excluding hydrogens is 300 g/mol. The number of allylic oxidation sites excluding steroid dienone is 2. The molecule has 0 heteroatoms. The number of unbranched alkanes of at least 4 members (excludes halogenated alkanes) is 3. The molecule has 2 fully saturated rings. The van der Waals surface area contributed by atoms with Crippen LogP contribution in [0, 0.1) is 23.7 Å². The fourth-order valence-electron chi connectivity index (χ4n) is 5.29. The van der Waals surface area contributed by atoms with E-state index in [1.54, 1.807) is 25.7 Å². The van der Waals surface area contributed by atoms with E-state index in [9.17, 15) is 0 Å². The molecule has 2 rings (SSSR count). The van der Waals surface area contributed by atoms with Crippen LogP contribution in [-0.2, 0) is 0 Å². The zero-order valence-corrected chi connectivity index (χ0v) is 17.5. The molecule has 2 aliphatic rings. The lowest BCUT2D eigenvalue weighted by molar-refractivity contribution is 0.240. The van der Waals surface area contributed by atoms with Gasteiger partial charge < -0.3 is 0 Å². The van der Waals surface area contributed by atoms with Crippen LogP contribution in [0.5, 0.6) is 0 Å². The Balaban J connectivity index is 1.46. The summed E-state index contributed by atoms with van der Waals surface area (Å²) in [5, 5.41) is 0. The second kappa shape index (κ2) is 13.0. The molecule has 146 valence electrons. The predicted molar refractivity (Wildman–Crippen MR) is 113 cm³/mol. The van der Waals surface area contributed by atoms with E-state index in [2.05, 4.69) is 26.0 Å². The highest BCUT2D eigenvalue weighted by atomic mass is 14.3. The average molecular weight is 347 g/mol. The molecule has 0 saturated heterocycles. The smallest absolute Gasteiger partial charge is 0.0233 e. The zero-order valence-electron chi connectivity index (χ0n) is 17.5. The molecule has 2 aliphatic carbocycles. The Morgan fingerprint density at radius 3 is 1.56 bits per heavy atom. The van der Waals surface area contributed by atoms with Gasteiger partial charge in [-0.15, -0.1) is 0 Å². The molecule has 0 heterocycles. The molecule has 0 nitrogen and oxygen atoms in total. The van der Waals surface area contributed by atoms with Gasteiger partial charge >= 0.3 is 0 Å². The van der Waals surface area contributed by atoms with Gasteiger partial charge in [0.2, 0.25) is 0 Å². The normalized spacial score (nSPS) is 30.8. The molecule has 0 bridgehead atoms. The largest absolute Gasteiger partial charge is 0.0883 e. The molecular formula is C25H46. The lowest BCUT2D eigenvalue weighted by Gasteiger charge is -2.29. The van der Waals surface area contributed by atoms with E-state index < -0.39 is 0 Å². The summed E-state index contributed by atoms with van der Waals surface area (Å²) in [7, 11) is 0. The van der Waals surface area contributed by atoms with Crippen LogP contribution >= 0.6 is 0 Å².